The maximum Gasteiger partial charge on any atom is 0.304 e. The number of hydrogen-bond acceptors (Lipinski definition) is 6. The Morgan fingerprint density at radius 2 is 1.65 bits per heavy atom. The van der Waals surface area contributed by atoms with E-state index in [0.29, 0.717) is 6.42 Å². The number of ether oxygens (including phenoxy) is 1. The van der Waals surface area contributed by atoms with Gasteiger partial charge >= 0.3 is 10.2 Å². The van der Waals surface area contributed by atoms with Crippen molar-refractivity contribution < 1.29 is 26.6 Å². The molecule has 196 valence electrons. The van der Waals surface area contributed by atoms with Crippen molar-refractivity contribution >= 4 is 34.4 Å². The number of hydrogen-bond donors (Lipinski definition) is 3. The third kappa shape index (κ3) is 12.1. The van der Waals surface area contributed by atoms with Crippen molar-refractivity contribution in [2.24, 2.45) is 17.6 Å². The molecule has 0 spiro atoms. The van der Waals surface area contributed by atoms with Crippen LogP contribution in [0.25, 0.3) is 0 Å². The summed E-state index contributed by atoms with van der Waals surface area (Å²) in [5.41, 5.74) is 6.90. The molecule has 0 unspecified atom stereocenters. The molecular weight excluding hydrogens is 485 g/mol. The molecule has 0 saturated heterocycles. The van der Waals surface area contributed by atoms with Gasteiger partial charge in [0.25, 0.3) is 0 Å². The number of carbonyl (C=O) groups is 2. The van der Waals surface area contributed by atoms with Crippen LogP contribution in [-0.4, -0.2) is 50.2 Å². The number of benzene rings is 1. The highest BCUT2D eigenvalue weighted by molar-refractivity contribution is 7.86. The number of amides is 2. The van der Waals surface area contributed by atoms with Gasteiger partial charge < -0.3 is 21.1 Å². The van der Waals surface area contributed by atoms with Gasteiger partial charge in [-0.1, -0.05) is 64.4 Å². The summed E-state index contributed by atoms with van der Waals surface area (Å²) in [5, 5.41) is 5.22. The molecule has 1 aromatic rings. The van der Waals surface area contributed by atoms with Crippen LogP contribution < -0.4 is 16.4 Å². The Morgan fingerprint density at radius 1 is 1.06 bits per heavy atom. The summed E-state index contributed by atoms with van der Waals surface area (Å²) in [4.78, 5) is 25.8. The summed E-state index contributed by atoms with van der Waals surface area (Å²) in [6.45, 7) is 9.24. The van der Waals surface area contributed by atoms with Crippen LogP contribution in [-0.2, 0) is 31.2 Å². The smallest absolute Gasteiger partial charge is 0.304 e. The Balaban J connectivity index is 0.0000109. The first-order valence-corrected chi connectivity index (χ1v) is 12.8. The van der Waals surface area contributed by atoms with Gasteiger partial charge in [0.2, 0.25) is 11.8 Å². The second-order valence-corrected chi connectivity index (χ2v) is 10.4. The topological polar surface area (TPSA) is 128 Å². The van der Waals surface area contributed by atoms with Gasteiger partial charge in [0.05, 0.1) is 18.8 Å². The maximum atomic E-state index is 13.4. The SMILES string of the molecule is CC[C@H](C)[C@H](N)C(=O)N[C@H](C(=O)N[C@@H](CC(C)C)CS(=O)(=O)F)[C@@H](C)OCc1ccccc1.Cl. The fourth-order valence-corrected chi connectivity index (χ4v) is 4.03. The molecule has 0 heterocycles. The van der Waals surface area contributed by atoms with Crippen molar-refractivity contribution in [1.29, 1.82) is 0 Å². The minimum atomic E-state index is -4.81. The largest absolute Gasteiger partial charge is 0.371 e. The Labute approximate surface area is 209 Å². The lowest BCUT2D eigenvalue weighted by Crippen LogP contribution is -2.59. The lowest BCUT2D eigenvalue weighted by Gasteiger charge is -2.29. The van der Waals surface area contributed by atoms with Crippen molar-refractivity contribution in [3.8, 4) is 0 Å². The van der Waals surface area contributed by atoms with E-state index in [2.05, 4.69) is 10.6 Å². The Kier molecular flexibility index (Phi) is 14.5. The summed E-state index contributed by atoms with van der Waals surface area (Å²) in [6, 6.07) is 6.39. The van der Waals surface area contributed by atoms with E-state index < -0.39 is 52.0 Å². The van der Waals surface area contributed by atoms with E-state index in [1.165, 1.54) is 0 Å². The number of carbonyl (C=O) groups excluding carboxylic acids is 2. The van der Waals surface area contributed by atoms with Gasteiger partial charge in [0, 0.05) is 6.04 Å². The van der Waals surface area contributed by atoms with Crippen LogP contribution in [0.2, 0.25) is 0 Å². The average Bonchev–Trinajstić information content (AvgIpc) is 2.73. The van der Waals surface area contributed by atoms with E-state index in [4.69, 9.17) is 10.5 Å². The number of nitrogens with one attached hydrogen (secondary N) is 2. The van der Waals surface area contributed by atoms with E-state index in [9.17, 15) is 21.9 Å². The first-order valence-electron chi connectivity index (χ1n) is 11.3. The van der Waals surface area contributed by atoms with Crippen molar-refractivity contribution in [2.45, 2.75) is 78.3 Å². The molecule has 5 atom stereocenters. The zero-order valence-corrected chi connectivity index (χ0v) is 22.1. The average molecular weight is 524 g/mol. The van der Waals surface area contributed by atoms with E-state index in [-0.39, 0.29) is 37.3 Å². The minimum Gasteiger partial charge on any atom is -0.371 e. The quantitative estimate of drug-likeness (QED) is 0.322. The molecule has 11 heteroatoms. The molecule has 0 fully saturated rings. The molecule has 2 amide bonds. The van der Waals surface area contributed by atoms with Crippen molar-refractivity contribution in [2.75, 3.05) is 5.75 Å². The highest BCUT2D eigenvalue weighted by Crippen LogP contribution is 2.12. The Morgan fingerprint density at radius 3 is 2.15 bits per heavy atom. The standard InChI is InChI=1S/C23H38FN3O5S.ClH/c1-6-16(4)20(25)22(28)27-21(17(5)32-13-18-10-8-7-9-11-18)23(29)26-19(12-15(2)3)14-33(24,30)31;/h7-11,15-17,19-21H,6,12-14,25H2,1-5H3,(H,26,29)(H,27,28);1H/t16-,17+,19-,20-,21-;/m0./s1. The van der Waals surface area contributed by atoms with Gasteiger partial charge in [-0.2, -0.15) is 8.42 Å². The second kappa shape index (κ2) is 15.3. The zero-order valence-electron chi connectivity index (χ0n) is 20.5. The first-order chi connectivity index (χ1) is 15.3. The number of nitrogens with two attached hydrogens (primary N) is 1. The van der Waals surface area contributed by atoms with Gasteiger partial charge in [-0.15, -0.1) is 16.3 Å². The number of halogens is 2. The molecule has 0 aromatic heterocycles. The van der Waals surface area contributed by atoms with Crippen molar-refractivity contribution in [1.82, 2.24) is 10.6 Å². The molecule has 1 aromatic carbocycles. The van der Waals surface area contributed by atoms with Crippen LogP contribution in [0.3, 0.4) is 0 Å². The molecule has 4 N–H and O–H groups in total. The summed E-state index contributed by atoms with van der Waals surface area (Å²) >= 11 is 0. The van der Waals surface area contributed by atoms with Crippen molar-refractivity contribution in [3.05, 3.63) is 35.9 Å². The fourth-order valence-electron chi connectivity index (χ4n) is 3.32. The van der Waals surface area contributed by atoms with Crippen LogP contribution >= 0.6 is 12.4 Å². The number of rotatable bonds is 14. The maximum absolute atomic E-state index is 13.4. The summed E-state index contributed by atoms with van der Waals surface area (Å²) in [5.74, 6) is -2.12. The normalized spacial score (nSPS) is 16.0. The Bertz CT molecular complexity index is 857. The molecule has 0 aliphatic rings. The molecule has 0 radical (unpaired) electrons. The van der Waals surface area contributed by atoms with E-state index in [1.54, 1.807) is 6.92 Å². The lowest BCUT2D eigenvalue weighted by atomic mass is 9.98. The van der Waals surface area contributed by atoms with Crippen LogP contribution in [0.5, 0.6) is 0 Å². The van der Waals surface area contributed by atoms with Gasteiger partial charge in [0.15, 0.2) is 0 Å². The summed E-state index contributed by atoms with van der Waals surface area (Å²) in [7, 11) is -4.81. The van der Waals surface area contributed by atoms with Gasteiger partial charge in [0.1, 0.15) is 11.8 Å². The summed E-state index contributed by atoms with van der Waals surface area (Å²) < 4.78 is 41.6. The minimum absolute atomic E-state index is 0. The molecule has 8 nitrogen and oxygen atoms in total. The molecule has 0 saturated carbocycles. The molecule has 0 aliphatic carbocycles. The zero-order chi connectivity index (χ0) is 25.2. The van der Waals surface area contributed by atoms with E-state index in [1.807, 2.05) is 58.0 Å². The second-order valence-electron chi connectivity index (χ2n) is 8.94. The molecular formula is C23H39ClFN3O5S. The molecule has 1 rings (SSSR count). The highest BCUT2D eigenvalue weighted by atomic mass is 35.5. The van der Waals surface area contributed by atoms with E-state index >= 15 is 0 Å². The van der Waals surface area contributed by atoms with Crippen LogP contribution in [0.1, 0.15) is 53.0 Å². The molecule has 0 aliphatic heterocycles. The van der Waals surface area contributed by atoms with Crippen LogP contribution in [0.4, 0.5) is 3.89 Å². The predicted octanol–water partition coefficient (Wildman–Crippen LogP) is 2.70. The Hall–Kier alpha value is -1.75. The molecule has 0 bridgehead atoms. The first kappa shape index (κ1) is 32.2. The highest BCUT2D eigenvalue weighted by Gasteiger charge is 2.33. The van der Waals surface area contributed by atoms with Gasteiger partial charge in [-0.25, -0.2) is 0 Å². The molecule has 34 heavy (non-hydrogen) atoms. The predicted molar refractivity (Wildman–Crippen MR) is 134 cm³/mol. The lowest BCUT2D eigenvalue weighted by molar-refractivity contribution is -0.134. The van der Waals surface area contributed by atoms with Gasteiger partial charge in [-0.05, 0) is 30.7 Å². The summed E-state index contributed by atoms with van der Waals surface area (Å²) in [6.07, 6.45) is 0.164. The monoisotopic (exact) mass is 523 g/mol. The van der Waals surface area contributed by atoms with E-state index in [0.717, 1.165) is 5.56 Å². The van der Waals surface area contributed by atoms with Crippen LogP contribution in [0.15, 0.2) is 30.3 Å². The fraction of sp³-hybridized carbons (Fsp3) is 0.652. The van der Waals surface area contributed by atoms with Gasteiger partial charge in [-0.3, -0.25) is 9.59 Å². The van der Waals surface area contributed by atoms with Crippen LogP contribution in [0, 0.1) is 11.8 Å². The third-order valence-electron chi connectivity index (χ3n) is 5.47. The van der Waals surface area contributed by atoms with Crippen molar-refractivity contribution in [3.63, 3.8) is 0 Å². The third-order valence-corrected chi connectivity index (χ3v) is 6.27.